The molecule has 1 unspecified atom stereocenters. The van der Waals surface area contributed by atoms with Crippen molar-refractivity contribution in [3.63, 3.8) is 0 Å². The maximum absolute atomic E-state index is 13.7. The van der Waals surface area contributed by atoms with Crippen molar-refractivity contribution < 1.29 is 12.8 Å². The Morgan fingerprint density at radius 3 is 2.83 bits per heavy atom. The molecule has 1 aliphatic rings. The predicted molar refractivity (Wildman–Crippen MR) is 117 cm³/mol. The van der Waals surface area contributed by atoms with Crippen molar-refractivity contribution in [2.75, 3.05) is 31.6 Å². The molecule has 1 aromatic carbocycles. The number of rotatable bonds is 6. The van der Waals surface area contributed by atoms with Crippen molar-refractivity contribution in [2.45, 2.75) is 37.1 Å². The van der Waals surface area contributed by atoms with Crippen LogP contribution in [0.4, 0.5) is 10.1 Å². The largest absolute Gasteiger partial charge is 0.370 e. The van der Waals surface area contributed by atoms with E-state index in [-0.39, 0.29) is 4.90 Å². The van der Waals surface area contributed by atoms with Crippen LogP contribution in [-0.4, -0.2) is 55.0 Å². The van der Waals surface area contributed by atoms with Gasteiger partial charge in [-0.1, -0.05) is 12.5 Å². The van der Waals surface area contributed by atoms with Crippen molar-refractivity contribution in [1.29, 1.82) is 0 Å². The number of halogens is 1. The SMILES string of the molecule is CC1CCCCN1CCN(C)c1cn(S(=O)(=O)c2cccc(F)c2)c2cccnc12. The quantitative estimate of drug-likeness (QED) is 0.597. The molecule has 0 aliphatic carbocycles. The minimum atomic E-state index is -3.95. The van der Waals surface area contributed by atoms with Crippen molar-refractivity contribution in [3.05, 3.63) is 54.6 Å². The lowest BCUT2D eigenvalue weighted by Crippen LogP contribution is -2.41. The van der Waals surface area contributed by atoms with E-state index in [0.717, 1.165) is 31.4 Å². The van der Waals surface area contributed by atoms with Crippen molar-refractivity contribution in [2.24, 2.45) is 0 Å². The van der Waals surface area contributed by atoms with E-state index in [0.29, 0.717) is 17.1 Å². The molecule has 8 heteroatoms. The maximum Gasteiger partial charge on any atom is 0.268 e. The standard InChI is InChI=1S/C22H27FN4O2S/c1-17-7-3-4-12-26(17)14-13-25(2)21-16-27(20-10-6-11-24-22(20)21)30(28,29)19-9-5-8-18(23)15-19/h5-6,8-11,15-17H,3-4,7,12-14H2,1-2H3. The first kappa shape index (κ1) is 20.8. The van der Waals surface area contributed by atoms with E-state index >= 15 is 0 Å². The third-order valence-corrected chi connectivity index (χ3v) is 7.60. The van der Waals surface area contributed by atoms with E-state index in [1.807, 2.05) is 11.9 Å². The lowest BCUT2D eigenvalue weighted by molar-refractivity contribution is 0.165. The Labute approximate surface area is 177 Å². The number of likely N-dealkylation sites (N-methyl/N-ethyl adjacent to an activating group) is 1. The van der Waals surface area contributed by atoms with Crippen LogP contribution in [0.15, 0.2) is 53.7 Å². The molecular weight excluding hydrogens is 403 g/mol. The first-order valence-corrected chi connectivity index (χ1v) is 11.7. The van der Waals surface area contributed by atoms with Gasteiger partial charge in [-0.15, -0.1) is 0 Å². The monoisotopic (exact) mass is 430 g/mol. The summed E-state index contributed by atoms with van der Waals surface area (Å²) in [7, 11) is -1.99. The topological polar surface area (TPSA) is 58.4 Å². The summed E-state index contributed by atoms with van der Waals surface area (Å²) in [5.41, 5.74) is 1.84. The number of hydrogen-bond acceptors (Lipinski definition) is 5. The summed E-state index contributed by atoms with van der Waals surface area (Å²) in [4.78, 5) is 8.89. The highest BCUT2D eigenvalue weighted by atomic mass is 32.2. The average Bonchev–Trinajstić information content (AvgIpc) is 3.14. The molecule has 1 saturated heterocycles. The molecule has 1 atom stereocenters. The lowest BCUT2D eigenvalue weighted by atomic mass is 10.0. The second-order valence-corrected chi connectivity index (χ2v) is 9.76. The number of hydrogen-bond donors (Lipinski definition) is 0. The van der Waals surface area contributed by atoms with Gasteiger partial charge in [0.2, 0.25) is 0 Å². The predicted octanol–water partition coefficient (Wildman–Crippen LogP) is 3.72. The fourth-order valence-corrected chi connectivity index (χ4v) is 5.51. The van der Waals surface area contributed by atoms with Gasteiger partial charge in [0.25, 0.3) is 10.0 Å². The zero-order valence-corrected chi connectivity index (χ0v) is 18.1. The second-order valence-electron chi connectivity index (χ2n) is 7.95. The minimum Gasteiger partial charge on any atom is -0.370 e. The van der Waals surface area contributed by atoms with Crippen LogP contribution in [0, 0.1) is 5.82 Å². The zero-order chi connectivity index (χ0) is 21.3. The summed E-state index contributed by atoms with van der Waals surface area (Å²) in [5, 5.41) is 0. The molecule has 2 aromatic heterocycles. The molecule has 0 N–H and O–H groups in total. The van der Waals surface area contributed by atoms with Gasteiger partial charge in [0.15, 0.2) is 0 Å². The van der Waals surface area contributed by atoms with Crippen molar-refractivity contribution in [1.82, 2.24) is 13.9 Å². The highest BCUT2D eigenvalue weighted by Crippen LogP contribution is 2.30. The molecule has 0 bridgehead atoms. The van der Waals surface area contributed by atoms with Crippen LogP contribution in [0.3, 0.4) is 0 Å². The number of likely N-dealkylation sites (tertiary alicyclic amines) is 1. The molecule has 4 rings (SSSR count). The van der Waals surface area contributed by atoms with Gasteiger partial charge in [0.1, 0.15) is 11.3 Å². The summed E-state index contributed by atoms with van der Waals surface area (Å²) < 4.78 is 41.3. The van der Waals surface area contributed by atoms with Crippen molar-refractivity contribution in [3.8, 4) is 0 Å². The highest BCUT2D eigenvalue weighted by molar-refractivity contribution is 7.90. The van der Waals surface area contributed by atoms with Crippen LogP contribution in [0.25, 0.3) is 11.0 Å². The summed E-state index contributed by atoms with van der Waals surface area (Å²) in [6.45, 7) is 5.04. The molecule has 160 valence electrons. The molecule has 0 spiro atoms. The number of fused-ring (bicyclic) bond motifs is 1. The molecule has 30 heavy (non-hydrogen) atoms. The molecule has 0 saturated carbocycles. The third-order valence-electron chi connectivity index (χ3n) is 5.93. The van der Waals surface area contributed by atoms with Crippen LogP contribution in [0.1, 0.15) is 26.2 Å². The molecule has 6 nitrogen and oxygen atoms in total. The van der Waals surface area contributed by atoms with E-state index in [1.165, 1.54) is 41.4 Å². The molecule has 0 radical (unpaired) electrons. The van der Waals surface area contributed by atoms with Gasteiger partial charge >= 0.3 is 0 Å². The average molecular weight is 431 g/mol. The summed E-state index contributed by atoms with van der Waals surface area (Å²) in [6, 6.07) is 9.08. The molecule has 3 heterocycles. The van der Waals surface area contributed by atoms with Crippen LogP contribution in [0.5, 0.6) is 0 Å². The smallest absolute Gasteiger partial charge is 0.268 e. The Bertz CT molecular complexity index is 1140. The number of nitrogens with zero attached hydrogens (tertiary/aromatic N) is 4. The van der Waals surface area contributed by atoms with Gasteiger partial charge in [0, 0.05) is 38.6 Å². The van der Waals surface area contributed by atoms with Gasteiger partial charge in [-0.2, -0.15) is 0 Å². The lowest BCUT2D eigenvalue weighted by Gasteiger charge is -2.34. The Balaban J connectivity index is 1.67. The Kier molecular flexibility index (Phi) is 5.79. The van der Waals surface area contributed by atoms with E-state index in [1.54, 1.807) is 24.5 Å². The first-order chi connectivity index (χ1) is 14.4. The number of anilines is 1. The Morgan fingerprint density at radius 1 is 1.23 bits per heavy atom. The summed E-state index contributed by atoms with van der Waals surface area (Å²) >= 11 is 0. The third kappa shape index (κ3) is 3.94. The van der Waals surface area contributed by atoms with Gasteiger partial charge in [-0.25, -0.2) is 16.8 Å². The normalized spacial score (nSPS) is 18.0. The zero-order valence-electron chi connectivity index (χ0n) is 17.3. The maximum atomic E-state index is 13.7. The van der Waals surface area contributed by atoms with E-state index < -0.39 is 15.8 Å². The van der Waals surface area contributed by atoms with E-state index in [4.69, 9.17) is 0 Å². The van der Waals surface area contributed by atoms with Crippen molar-refractivity contribution >= 4 is 26.7 Å². The van der Waals surface area contributed by atoms with E-state index in [2.05, 4.69) is 16.8 Å². The molecule has 0 amide bonds. The summed E-state index contributed by atoms with van der Waals surface area (Å²) in [5.74, 6) is -0.585. The van der Waals surface area contributed by atoms with Gasteiger partial charge in [-0.3, -0.25) is 9.88 Å². The Hall–Kier alpha value is -2.45. The fourth-order valence-electron chi connectivity index (χ4n) is 4.12. The Morgan fingerprint density at radius 2 is 2.07 bits per heavy atom. The second kappa shape index (κ2) is 8.35. The van der Waals surface area contributed by atoms with Crippen LogP contribution in [-0.2, 0) is 10.0 Å². The van der Waals surface area contributed by atoms with Crippen LogP contribution < -0.4 is 4.90 Å². The molecule has 1 fully saturated rings. The van der Waals surface area contributed by atoms with Gasteiger partial charge in [0.05, 0.1) is 16.1 Å². The molecular formula is C22H27FN4O2S. The van der Waals surface area contributed by atoms with Crippen LogP contribution in [0.2, 0.25) is 0 Å². The number of aromatic nitrogens is 2. The van der Waals surface area contributed by atoms with Crippen LogP contribution >= 0.6 is 0 Å². The van der Waals surface area contributed by atoms with Gasteiger partial charge in [-0.05, 0) is 56.6 Å². The molecule has 1 aliphatic heterocycles. The minimum absolute atomic E-state index is 0.0837. The fraction of sp³-hybridized carbons (Fsp3) is 0.409. The van der Waals surface area contributed by atoms with E-state index in [9.17, 15) is 12.8 Å². The first-order valence-electron chi connectivity index (χ1n) is 10.3. The number of benzene rings is 1. The summed E-state index contributed by atoms with van der Waals surface area (Å²) in [6.07, 6.45) is 6.98. The number of pyridine rings is 1. The number of piperidine rings is 1. The molecule has 3 aromatic rings. The highest BCUT2D eigenvalue weighted by Gasteiger charge is 2.24. The van der Waals surface area contributed by atoms with Gasteiger partial charge < -0.3 is 4.90 Å².